The van der Waals surface area contributed by atoms with Crippen molar-refractivity contribution >= 4 is 8.80 Å². The summed E-state index contributed by atoms with van der Waals surface area (Å²) in [6.45, 7) is 7.54. The Morgan fingerprint density at radius 2 is 1.78 bits per heavy atom. The predicted octanol–water partition coefficient (Wildman–Crippen LogP) is 2.52. The fourth-order valence-electron chi connectivity index (χ4n) is 2.54. The second kappa shape index (κ2) is 8.27. The van der Waals surface area contributed by atoms with Crippen LogP contribution < -0.4 is 0 Å². The second-order valence-electron chi connectivity index (χ2n) is 4.92. The molecule has 0 aromatic rings. The van der Waals surface area contributed by atoms with Gasteiger partial charge in [-0.05, 0) is 25.9 Å². The number of hydrogen-bond acceptors (Lipinski definition) is 4. The Kier molecular flexibility index (Phi) is 7.40. The molecule has 108 valence electrons. The third-order valence-electron chi connectivity index (χ3n) is 3.83. The van der Waals surface area contributed by atoms with Gasteiger partial charge in [-0.2, -0.15) is 0 Å². The zero-order valence-corrected chi connectivity index (χ0v) is 13.4. The topological polar surface area (TPSA) is 30.9 Å². The van der Waals surface area contributed by atoms with Gasteiger partial charge in [0.05, 0.1) is 6.10 Å². The molecule has 4 nitrogen and oxygen atoms in total. The molecule has 0 amide bonds. The minimum atomic E-state index is -2.40. The SMILES string of the molecule is CCN(CC)CC1CCCCC[Si](OC)(OC)O1. The van der Waals surface area contributed by atoms with Gasteiger partial charge >= 0.3 is 8.80 Å². The van der Waals surface area contributed by atoms with Crippen LogP contribution in [0.5, 0.6) is 0 Å². The lowest BCUT2D eigenvalue weighted by Gasteiger charge is -2.35. The van der Waals surface area contributed by atoms with Gasteiger partial charge < -0.3 is 18.2 Å². The Labute approximate surface area is 113 Å². The van der Waals surface area contributed by atoms with E-state index in [1.807, 2.05) is 0 Å². The standard InChI is InChI=1S/C13H29NO3Si/c1-5-14(6-2)12-13-10-8-7-9-11-18(15-3,16-4)17-13/h13H,5-12H2,1-4H3. The van der Waals surface area contributed by atoms with E-state index in [0.29, 0.717) is 0 Å². The molecule has 0 aromatic heterocycles. The van der Waals surface area contributed by atoms with Crippen molar-refractivity contribution in [2.75, 3.05) is 33.9 Å². The zero-order chi connectivity index (χ0) is 13.4. The van der Waals surface area contributed by atoms with Gasteiger partial charge in [-0.1, -0.05) is 26.7 Å². The van der Waals surface area contributed by atoms with E-state index in [9.17, 15) is 0 Å². The Morgan fingerprint density at radius 1 is 1.11 bits per heavy atom. The monoisotopic (exact) mass is 275 g/mol. The average molecular weight is 275 g/mol. The van der Waals surface area contributed by atoms with Gasteiger partial charge in [0.2, 0.25) is 0 Å². The van der Waals surface area contributed by atoms with Crippen molar-refractivity contribution in [3.63, 3.8) is 0 Å². The molecule has 1 atom stereocenters. The zero-order valence-electron chi connectivity index (χ0n) is 12.4. The predicted molar refractivity (Wildman–Crippen MR) is 75.7 cm³/mol. The van der Waals surface area contributed by atoms with Crippen LogP contribution in [-0.2, 0) is 13.3 Å². The maximum atomic E-state index is 6.26. The summed E-state index contributed by atoms with van der Waals surface area (Å²) in [7, 11) is 1.06. The molecular formula is C13H29NO3Si. The highest BCUT2D eigenvalue weighted by molar-refractivity contribution is 6.60. The van der Waals surface area contributed by atoms with Gasteiger partial charge in [0, 0.05) is 26.8 Å². The van der Waals surface area contributed by atoms with Crippen LogP contribution in [0.2, 0.25) is 6.04 Å². The van der Waals surface area contributed by atoms with Crippen LogP contribution in [0.1, 0.15) is 39.5 Å². The summed E-state index contributed by atoms with van der Waals surface area (Å²) < 4.78 is 17.5. The highest BCUT2D eigenvalue weighted by Gasteiger charge is 2.41. The number of rotatable bonds is 6. The summed E-state index contributed by atoms with van der Waals surface area (Å²) >= 11 is 0. The van der Waals surface area contributed by atoms with Gasteiger partial charge in [-0.3, -0.25) is 0 Å². The van der Waals surface area contributed by atoms with E-state index in [2.05, 4.69) is 18.7 Å². The summed E-state index contributed by atoms with van der Waals surface area (Å²) in [5.41, 5.74) is 0. The number of hydrogen-bond donors (Lipinski definition) is 0. The van der Waals surface area contributed by atoms with Crippen molar-refractivity contribution in [1.29, 1.82) is 0 Å². The lowest BCUT2D eigenvalue weighted by molar-refractivity contribution is 0.0279. The minimum Gasteiger partial charge on any atom is -0.377 e. The van der Waals surface area contributed by atoms with Crippen molar-refractivity contribution in [1.82, 2.24) is 4.90 Å². The molecule has 1 aliphatic rings. The van der Waals surface area contributed by atoms with E-state index >= 15 is 0 Å². The van der Waals surface area contributed by atoms with Crippen molar-refractivity contribution < 1.29 is 13.3 Å². The van der Waals surface area contributed by atoms with Crippen molar-refractivity contribution in [3.8, 4) is 0 Å². The molecule has 5 heteroatoms. The summed E-state index contributed by atoms with van der Waals surface area (Å²) in [5.74, 6) is 0. The summed E-state index contributed by atoms with van der Waals surface area (Å²) in [6, 6.07) is 0.953. The Hall–Kier alpha value is 0.0569. The molecule has 0 bridgehead atoms. The lowest BCUT2D eigenvalue weighted by atomic mass is 10.1. The molecule has 0 spiro atoms. The second-order valence-corrected chi connectivity index (χ2v) is 7.83. The first-order chi connectivity index (χ1) is 8.69. The highest BCUT2D eigenvalue weighted by Crippen LogP contribution is 2.25. The van der Waals surface area contributed by atoms with E-state index in [0.717, 1.165) is 38.5 Å². The van der Waals surface area contributed by atoms with Gasteiger partial charge in [0.25, 0.3) is 0 Å². The van der Waals surface area contributed by atoms with Crippen molar-refractivity contribution in [3.05, 3.63) is 0 Å². The quantitative estimate of drug-likeness (QED) is 0.697. The molecule has 1 unspecified atom stereocenters. The van der Waals surface area contributed by atoms with Crippen LogP contribution >= 0.6 is 0 Å². The maximum Gasteiger partial charge on any atom is 0.500 e. The van der Waals surface area contributed by atoms with E-state index in [1.54, 1.807) is 14.2 Å². The first-order valence-corrected chi connectivity index (χ1v) is 9.13. The van der Waals surface area contributed by atoms with Crippen molar-refractivity contribution in [2.45, 2.75) is 51.7 Å². The van der Waals surface area contributed by atoms with Crippen LogP contribution in [0, 0.1) is 0 Å². The molecular weight excluding hydrogens is 246 g/mol. The molecule has 1 rings (SSSR count). The molecule has 1 aliphatic heterocycles. The molecule has 1 fully saturated rings. The molecule has 0 saturated carbocycles. The van der Waals surface area contributed by atoms with E-state index in [-0.39, 0.29) is 6.10 Å². The smallest absolute Gasteiger partial charge is 0.377 e. The Balaban J connectivity index is 2.63. The summed E-state index contributed by atoms with van der Waals surface area (Å²) in [6.07, 6.45) is 5.06. The molecule has 0 aliphatic carbocycles. The third kappa shape index (κ3) is 4.62. The number of likely N-dealkylation sites (N-methyl/N-ethyl adjacent to an activating group) is 1. The van der Waals surface area contributed by atoms with Crippen LogP contribution in [0.4, 0.5) is 0 Å². The fraction of sp³-hybridized carbons (Fsp3) is 1.00. The fourth-order valence-corrected chi connectivity index (χ4v) is 4.81. The van der Waals surface area contributed by atoms with E-state index in [1.165, 1.54) is 12.8 Å². The van der Waals surface area contributed by atoms with Gasteiger partial charge in [-0.15, -0.1) is 0 Å². The van der Waals surface area contributed by atoms with Crippen molar-refractivity contribution in [2.24, 2.45) is 0 Å². The van der Waals surface area contributed by atoms with Gasteiger partial charge in [0.15, 0.2) is 0 Å². The molecule has 1 saturated heterocycles. The van der Waals surface area contributed by atoms with E-state index < -0.39 is 8.80 Å². The summed E-state index contributed by atoms with van der Waals surface area (Å²) in [5, 5.41) is 0. The lowest BCUT2D eigenvalue weighted by Crippen LogP contribution is -2.50. The first-order valence-electron chi connectivity index (χ1n) is 7.20. The van der Waals surface area contributed by atoms with Crippen LogP contribution in [-0.4, -0.2) is 53.7 Å². The van der Waals surface area contributed by atoms with Crippen LogP contribution in [0.25, 0.3) is 0 Å². The third-order valence-corrected chi connectivity index (χ3v) is 6.74. The Bertz CT molecular complexity index is 220. The molecule has 18 heavy (non-hydrogen) atoms. The largest absolute Gasteiger partial charge is 0.500 e. The van der Waals surface area contributed by atoms with Crippen LogP contribution in [0.3, 0.4) is 0 Å². The van der Waals surface area contributed by atoms with E-state index in [4.69, 9.17) is 13.3 Å². The molecule has 1 heterocycles. The van der Waals surface area contributed by atoms with Gasteiger partial charge in [0.1, 0.15) is 0 Å². The Morgan fingerprint density at radius 3 is 2.33 bits per heavy atom. The summed E-state index contributed by atoms with van der Waals surface area (Å²) in [4.78, 5) is 2.41. The molecule has 0 aromatic carbocycles. The minimum absolute atomic E-state index is 0.261. The molecule has 0 N–H and O–H groups in total. The average Bonchev–Trinajstić information content (AvgIpc) is 2.38. The van der Waals surface area contributed by atoms with Gasteiger partial charge in [-0.25, -0.2) is 0 Å². The highest BCUT2D eigenvalue weighted by atomic mass is 28.4. The number of nitrogens with zero attached hydrogens (tertiary/aromatic N) is 1. The first kappa shape index (κ1) is 16.1. The normalized spacial score (nSPS) is 24.8. The maximum absolute atomic E-state index is 6.26. The molecule has 0 radical (unpaired) electrons. The van der Waals surface area contributed by atoms with Crippen LogP contribution in [0.15, 0.2) is 0 Å².